The molecule has 21 heavy (non-hydrogen) atoms. The van der Waals surface area contributed by atoms with Crippen LogP contribution in [0.3, 0.4) is 0 Å². The highest BCUT2D eigenvalue weighted by Gasteiger charge is 2.24. The maximum atomic E-state index is 12.1. The number of rotatable bonds is 9. The van der Waals surface area contributed by atoms with Gasteiger partial charge in [0.05, 0.1) is 19.8 Å². The van der Waals surface area contributed by atoms with Crippen molar-refractivity contribution in [1.29, 1.82) is 0 Å². The zero-order valence-electron chi connectivity index (χ0n) is 12.5. The summed E-state index contributed by atoms with van der Waals surface area (Å²) in [4.78, 5) is 37.8. The number of amides is 2. The summed E-state index contributed by atoms with van der Waals surface area (Å²) in [6, 6.07) is 0. The van der Waals surface area contributed by atoms with Crippen molar-refractivity contribution in [1.82, 2.24) is 9.80 Å². The van der Waals surface area contributed by atoms with E-state index in [0.29, 0.717) is 26.3 Å². The van der Waals surface area contributed by atoms with E-state index in [0.717, 1.165) is 0 Å². The number of methoxy groups -OCH3 is 1. The van der Waals surface area contributed by atoms with Gasteiger partial charge in [0.1, 0.15) is 13.2 Å². The minimum Gasteiger partial charge on any atom is -0.465 e. The van der Waals surface area contributed by atoms with Crippen LogP contribution in [0.4, 0.5) is 4.79 Å². The van der Waals surface area contributed by atoms with E-state index in [4.69, 9.17) is 14.2 Å². The molecule has 8 heteroatoms. The minimum atomic E-state index is -0.456. The number of hydrogen-bond acceptors (Lipinski definition) is 6. The van der Waals surface area contributed by atoms with Crippen molar-refractivity contribution >= 4 is 18.0 Å². The van der Waals surface area contributed by atoms with Crippen LogP contribution in [0.2, 0.25) is 0 Å². The molecule has 0 aliphatic carbocycles. The maximum absolute atomic E-state index is 12.1. The van der Waals surface area contributed by atoms with Gasteiger partial charge in [-0.25, -0.2) is 4.79 Å². The third-order valence-corrected chi connectivity index (χ3v) is 2.98. The van der Waals surface area contributed by atoms with Gasteiger partial charge in [0.15, 0.2) is 0 Å². The summed E-state index contributed by atoms with van der Waals surface area (Å²) in [7, 11) is 1.52. The normalized spacial score (nSPS) is 14.0. The Balaban J connectivity index is 2.45. The number of ether oxygens (including phenoxy) is 3. The Hall–Kier alpha value is -1.83. The molecule has 0 aromatic heterocycles. The van der Waals surface area contributed by atoms with Crippen LogP contribution in [0, 0.1) is 0 Å². The third kappa shape index (κ3) is 5.99. The molecule has 1 rings (SSSR count). The zero-order valence-corrected chi connectivity index (χ0v) is 12.5. The quantitative estimate of drug-likeness (QED) is 0.551. The minimum absolute atomic E-state index is 0.111. The van der Waals surface area contributed by atoms with Crippen LogP contribution < -0.4 is 0 Å². The molecular weight excluding hydrogens is 280 g/mol. The highest BCUT2D eigenvalue weighted by Crippen LogP contribution is 2.05. The highest BCUT2D eigenvalue weighted by molar-refractivity contribution is 5.82. The first-order valence-corrected chi connectivity index (χ1v) is 6.92. The van der Waals surface area contributed by atoms with Crippen LogP contribution in [-0.4, -0.2) is 80.9 Å². The van der Waals surface area contributed by atoms with Crippen molar-refractivity contribution in [3.8, 4) is 0 Å². The van der Waals surface area contributed by atoms with E-state index in [1.54, 1.807) is 6.92 Å². The van der Waals surface area contributed by atoms with Gasteiger partial charge in [0, 0.05) is 26.6 Å². The Morgan fingerprint density at radius 1 is 1.43 bits per heavy atom. The van der Waals surface area contributed by atoms with Crippen molar-refractivity contribution in [2.45, 2.75) is 13.3 Å². The van der Waals surface area contributed by atoms with E-state index in [1.165, 1.54) is 16.9 Å². The standard InChI is InChI=1S/C13H22N2O6/c1-3-20-12(17)10-15(6-8-19-2)11(16)4-5-14-7-9-21-13(14)18/h3-10H2,1-2H3. The average Bonchev–Trinajstić information content (AvgIpc) is 2.86. The van der Waals surface area contributed by atoms with Gasteiger partial charge in [-0.2, -0.15) is 0 Å². The first-order chi connectivity index (χ1) is 10.1. The lowest BCUT2D eigenvalue weighted by Gasteiger charge is -2.22. The largest absolute Gasteiger partial charge is 0.465 e. The molecule has 0 saturated carbocycles. The zero-order chi connectivity index (χ0) is 15.7. The molecule has 0 spiro atoms. The molecule has 0 unspecified atom stereocenters. The summed E-state index contributed by atoms with van der Waals surface area (Å²) in [5.41, 5.74) is 0. The fourth-order valence-corrected chi connectivity index (χ4v) is 1.87. The van der Waals surface area contributed by atoms with Crippen molar-refractivity contribution in [3.63, 3.8) is 0 Å². The Morgan fingerprint density at radius 2 is 2.19 bits per heavy atom. The van der Waals surface area contributed by atoms with Crippen LogP contribution in [0.25, 0.3) is 0 Å². The van der Waals surface area contributed by atoms with Crippen LogP contribution >= 0.6 is 0 Å². The lowest BCUT2D eigenvalue weighted by molar-refractivity contribution is -0.149. The molecule has 120 valence electrons. The summed E-state index contributed by atoms with van der Waals surface area (Å²) < 4.78 is 14.6. The first-order valence-electron chi connectivity index (χ1n) is 6.92. The van der Waals surface area contributed by atoms with E-state index >= 15 is 0 Å². The third-order valence-electron chi connectivity index (χ3n) is 2.98. The number of carbonyl (C=O) groups is 3. The average molecular weight is 302 g/mol. The van der Waals surface area contributed by atoms with Gasteiger partial charge in [-0.3, -0.25) is 9.59 Å². The maximum Gasteiger partial charge on any atom is 0.409 e. The van der Waals surface area contributed by atoms with Gasteiger partial charge in [-0.05, 0) is 6.92 Å². The summed E-state index contributed by atoms with van der Waals surface area (Å²) in [5.74, 6) is -0.678. The van der Waals surface area contributed by atoms with Gasteiger partial charge in [0.2, 0.25) is 5.91 Å². The monoisotopic (exact) mass is 302 g/mol. The van der Waals surface area contributed by atoms with E-state index in [-0.39, 0.29) is 32.0 Å². The summed E-state index contributed by atoms with van der Waals surface area (Å²) >= 11 is 0. The summed E-state index contributed by atoms with van der Waals surface area (Å²) in [6.45, 7) is 3.62. The van der Waals surface area contributed by atoms with Gasteiger partial charge in [-0.15, -0.1) is 0 Å². The molecule has 1 aliphatic heterocycles. The molecule has 0 N–H and O–H groups in total. The van der Waals surface area contributed by atoms with Crippen molar-refractivity contribution in [3.05, 3.63) is 0 Å². The van der Waals surface area contributed by atoms with E-state index < -0.39 is 12.1 Å². The fourth-order valence-electron chi connectivity index (χ4n) is 1.87. The number of hydrogen-bond donors (Lipinski definition) is 0. The Kier molecular flexibility index (Phi) is 7.52. The van der Waals surface area contributed by atoms with E-state index in [9.17, 15) is 14.4 Å². The molecule has 1 saturated heterocycles. The second kappa shape index (κ2) is 9.17. The van der Waals surface area contributed by atoms with E-state index in [2.05, 4.69) is 0 Å². The van der Waals surface area contributed by atoms with Crippen LogP contribution in [-0.2, 0) is 23.8 Å². The molecule has 1 fully saturated rings. The highest BCUT2D eigenvalue weighted by atomic mass is 16.6. The molecule has 0 radical (unpaired) electrons. The summed E-state index contributed by atoms with van der Waals surface area (Å²) in [5, 5.41) is 0. The lowest BCUT2D eigenvalue weighted by atomic mass is 10.3. The molecule has 0 aromatic rings. The van der Waals surface area contributed by atoms with Crippen molar-refractivity contribution in [2.24, 2.45) is 0 Å². The second-order valence-corrected chi connectivity index (χ2v) is 4.46. The summed E-state index contributed by atoms with van der Waals surface area (Å²) in [6.07, 6.45) is -0.269. The lowest BCUT2D eigenvalue weighted by Crippen LogP contribution is -2.40. The first kappa shape index (κ1) is 17.2. The predicted octanol–water partition coefficient (Wildman–Crippen LogP) is -0.133. The van der Waals surface area contributed by atoms with Gasteiger partial charge in [0.25, 0.3) is 0 Å². The second-order valence-electron chi connectivity index (χ2n) is 4.46. The Morgan fingerprint density at radius 3 is 2.76 bits per heavy atom. The SMILES string of the molecule is CCOC(=O)CN(CCOC)C(=O)CCN1CCOC1=O. The number of cyclic esters (lactones) is 1. The predicted molar refractivity (Wildman–Crippen MR) is 72.6 cm³/mol. The molecule has 1 heterocycles. The van der Waals surface area contributed by atoms with Crippen LogP contribution in [0.15, 0.2) is 0 Å². The van der Waals surface area contributed by atoms with Crippen LogP contribution in [0.1, 0.15) is 13.3 Å². The van der Waals surface area contributed by atoms with Crippen molar-refractivity contribution < 1.29 is 28.6 Å². The molecule has 8 nitrogen and oxygen atoms in total. The van der Waals surface area contributed by atoms with Crippen molar-refractivity contribution in [2.75, 3.05) is 53.1 Å². The topological polar surface area (TPSA) is 85.4 Å². The molecule has 1 aliphatic rings. The van der Waals surface area contributed by atoms with Crippen LogP contribution in [0.5, 0.6) is 0 Å². The molecule has 2 amide bonds. The smallest absolute Gasteiger partial charge is 0.409 e. The van der Waals surface area contributed by atoms with Gasteiger partial charge < -0.3 is 24.0 Å². The van der Waals surface area contributed by atoms with E-state index in [1.807, 2.05) is 0 Å². The fraction of sp³-hybridized carbons (Fsp3) is 0.769. The molecule has 0 aromatic carbocycles. The number of esters is 1. The molecule has 0 bridgehead atoms. The Bertz CT molecular complexity index is 374. The molecule has 0 atom stereocenters. The Labute approximate surface area is 123 Å². The number of carbonyl (C=O) groups excluding carboxylic acids is 3. The molecular formula is C13H22N2O6. The van der Waals surface area contributed by atoms with Gasteiger partial charge >= 0.3 is 12.1 Å². The van der Waals surface area contributed by atoms with Gasteiger partial charge in [-0.1, -0.05) is 0 Å². The number of nitrogens with zero attached hydrogens (tertiary/aromatic N) is 2.